The molecule has 0 saturated heterocycles. The molecule has 7 nitrogen and oxygen atoms in total. The Balaban J connectivity index is 1.54. The van der Waals surface area contributed by atoms with Gasteiger partial charge < -0.3 is 9.84 Å². The predicted octanol–water partition coefficient (Wildman–Crippen LogP) is 4.59. The van der Waals surface area contributed by atoms with Crippen molar-refractivity contribution in [2.75, 3.05) is 11.9 Å². The van der Waals surface area contributed by atoms with Gasteiger partial charge in [-0.1, -0.05) is 48.5 Å². The zero-order valence-corrected chi connectivity index (χ0v) is 15.7. The summed E-state index contributed by atoms with van der Waals surface area (Å²) in [6.45, 7) is -0.733. The number of ether oxygens (including phenoxy) is 1. The highest BCUT2D eigenvalue weighted by Crippen LogP contribution is 2.44. The van der Waals surface area contributed by atoms with Gasteiger partial charge in [0.2, 0.25) is 0 Å². The minimum absolute atomic E-state index is 0.00975. The topological polar surface area (TPSA) is 102 Å². The molecule has 8 heteroatoms. The van der Waals surface area contributed by atoms with E-state index in [-0.39, 0.29) is 23.8 Å². The van der Waals surface area contributed by atoms with Crippen molar-refractivity contribution >= 4 is 17.5 Å². The van der Waals surface area contributed by atoms with Crippen LogP contribution >= 0.6 is 0 Å². The van der Waals surface area contributed by atoms with E-state index in [1.165, 1.54) is 0 Å². The molecule has 0 saturated carbocycles. The van der Waals surface area contributed by atoms with Crippen molar-refractivity contribution in [1.82, 2.24) is 0 Å². The second kappa shape index (κ2) is 7.92. The van der Waals surface area contributed by atoms with Gasteiger partial charge in [-0.25, -0.2) is 9.18 Å². The molecular weight excluding hydrogens is 391 g/mol. The van der Waals surface area contributed by atoms with E-state index < -0.39 is 29.1 Å². The largest absolute Gasteiger partial charge is 0.448 e. The number of carbonyl (C=O) groups excluding carboxylic acids is 1. The van der Waals surface area contributed by atoms with Crippen LogP contribution in [0, 0.1) is 15.9 Å². The Kier molecular flexibility index (Phi) is 5.16. The van der Waals surface area contributed by atoms with Crippen LogP contribution < -0.4 is 5.32 Å². The summed E-state index contributed by atoms with van der Waals surface area (Å²) >= 11 is 0. The number of nitrogens with zero attached hydrogens (tertiary/aromatic N) is 1. The van der Waals surface area contributed by atoms with E-state index in [1.54, 1.807) is 0 Å². The molecule has 0 unspecified atom stereocenters. The van der Waals surface area contributed by atoms with Gasteiger partial charge in [0.1, 0.15) is 18.1 Å². The normalized spacial score (nSPS) is 12.2. The van der Waals surface area contributed by atoms with Gasteiger partial charge in [-0.15, -0.1) is 0 Å². The van der Waals surface area contributed by atoms with Crippen LogP contribution in [0.4, 0.5) is 20.6 Å². The van der Waals surface area contributed by atoms with Gasteiger partial charge in [-0.3, -0.25) is 15.4 Å². The van der Waals surface area contributed by atoms with E-state index in [0.717, 1.165) is 34.4 Å². The van der Waals surface area contributed by atoms with E-state index in [9.17, 15) is 24.4 Å². The van der Waals surface area contributed by atoms with Crippen LogP contribution in [0.2, 0.25) is 0 Å². The second-order valence-corrected chi connectivity index (χ2v) is 6.83. The third-order valence-electron chi connectivity index (χ3n) is 5.09. The molecule has 0 spiro atoms. The van der Waals surface area contributed by atoms with Crippen LogP contribution in [0.5, 0.6) is 0 Å². The van der Waals surface area contributed by atoms with Crippen molar-refractivity contribution in [3.05, 3.63) is 93.3 Å². The number of rotatable bonds is 5. The fraction of sp³-hybridized carbons (Fsp3) is 0.136. The molecule has 0 atom stereocenters. The first-order chi connectivity index (χ1) is 14.5. The Morgan fingerprint density at radius 3 is 2.27 bits per heavy atom. The number of amides is 1. The molecule has 0 heterocycles. The van der Waals surface area contributed by atoms with Crippen LogP contribution in [0.25, 0.3) is 11.1 Å². The molecule has 0 aliphatic heterocycles. The molecule has 4 rings (SSSR count). The fourth-order valence-electron chi connectivity index (χ4n) is 3.83. The fourth-order valence-corrected chi connectivity index (χ4v) is 3.83. The molecule has 1 amide bonds. The number of nitro groups is 1. The van der Waals surface area contributed by atoms with E-state index >= 15 is 0 Å². The number of carbonyl (C=O) groups is 1. The molecule has 30 heavy (non-hydrogen) atoms. The van der Waals surface area contributed by atoms with Crippen molar-refractivity contribution in [1.29, 1.82) is 0 Å². The first kappa shape index (κ1) is 19.5. The van der Waals surface area contributed by atoms with Gasteiger partial charge in [-0.2, -0.15) is 0 Å². The molecule has 0 fully saturated rings. The highest BCUT2D eigenvalue weighted by molar-refractivity contribution is 5.88. The Morgan fingerprint density at radius 1 is 1.10 bits per heavy atom. The number of hydrogen-bond donors (Lipinski definition) is 2. The number of halogens is 1. The highest BCUT2D eigenvalue weighted by Gasteiger charge is 2.29. The number of aliphatic hydroxyl groups is 1. The molecule has 152 valence electrons. The summed E-state index contributed by atoms with van der Waals surface area (Å²) in [5.41, 5.74) is 2.98. The Morgan fingerprint density at radius 2 is 1.70 bits per heavy atom. The van der Waals surface area contributed by atoms with E-state index in [1.807, 2.05) is 48.5 Å². The number of nitro benzene ring substituents is 1. The van der Waals surface area contributed by atoms with Crippen LogP contribution in [-0.2, 0) is 11.3 Å². The molecule has 2 N–H and O–H groups in total. The van der Waals surface area contributed by atoms with Crippen LogP contribution in [0.1, 0.15) is 22.6 Å². The summed E-state index contributed by atoms with van der Waals surface area (Å²) in [5, 5.41) is 22.8. The number of nitrogens with one attached hydrogen (secondary N) is 1. The smallest absolute Gasteiger partial charge is 0.411 e. The van der Waals surface area contributed by atoms with E-state index in [2.05, 4.69) is 5.32 Å². The molecule has 0 aromatic heterocycles. The number of aliphatic hydroxyl groups excluding tert-OH is 1. The first-order valence-electron chi connectivity index (χ1n) is 9.19. The van der Waals surface area contributed by atoms with Crippen molar-refractivity contribution in [2.45, 2.75) is 12.5 Å². The van der Waals surface area contributed by atoms with E-state index in [0.29, 0.717) is 0 Å². The standard InChI is InChI=1S/C22H17FN2O5/c23-14-9-13(11-26)21(25(28)29)20(10-14)24-22(27)30-12-19-17-7-3-1-5-15(17)16-6-2-4-8-18(16)19/h1-10,19,26H,11-12H2,(H,24,27). The van der Waals surface area contributed by atoms with Crippen molar-refractivity contribution < 1.29 is 24.0 Å². The summed E-state index contributed by atoms with van der Waals surface area (Å²) in [7, 11) is 0. The van der Waals surface area contributed by atoms with Crippen LogP contribution in [-0.4, -0.2) is 22.7 Å². The van der Waals surface area contributed by atoms with Crippen LogP contribution in [0.3, 0.4) is 0 Å². The predicted molar refractivity (Wildman–Crippen MR) is 108 cm³/mol. The second-order valence-electron chi connectivity index (χ2n) is 6.83. The lowest BCUT2D eigenvalue weighted by atomic mass is 9.98. The molecule has 3 aromatic carbocycles. The van der Waals surface area contributed by atoms with Gasteiger partial charge in [-0.05, 0) is 28.3 Å². The van der Waals surface area contributed by atoms with Gasteiger partial charge in [0, 0.05) is 12.0 Å². The third kappa shape index (κ3) is 3.48. The maximum absolute atomic E-state index is 13.7. The summed E-state index contributed by atoms with van der Waals surface area (Å²) in [6.07, 6.45) is -0.950. The summed E-state index contributed by atoms with van der Waals surface area (Å²) in [5.74, 6) is -1.00. The lowest BCUT2D eigenvalue weighted by molar-refractivity contribution is -0.385. The van der Waals surface area contributed by atoms with Gasteiger partial charge in [0.05, 0.1) is 17.1 Å². The van der Waals surface area contributed by atoms with Crippen LogP contribution in [0.15, 0.2) is 60.7 Å². The van der Waals surface area contributed by atoms with Crippen molar-refractivity contribution in [2.24, 2.45) is 0 Å². The number of hydrogen-bond acceptors (Lipinski definition) is 5. The Labute approximate surface area is 170 Å². The van der Waals surface area contributed by atoms with Crippen molar-refractivity contribution in [3.8, 4) is 11.1 Å². The SMILES string of the molecule is O=C(Nc1cc(F)cc(CO)c1[N+](=O)[O-])OCC1c2ccccc2-c2ccccc21. The van der Waals surface area contributed by atoms with E-state index in [4.69, 9.17) is 4.74 Å². The molecular formula is C22H17FN2O5. The third-order valence-corrected chi connectivity index (χ3v) is 5.09. The Hall–Kier alpha value is -3.78. The number of fused-ring (bicyclic) bond motifs is 3. The summed E-state index contributed by atoms with van der Waals surface area (Å²) in [6, 6.07) is 17.3. The van der Waals surface area contributed by atoms with Crippen molar-refractivity contribution in [3.63, 3.8) is 0 Å². The van der Waals surface area contributed by atoms with Gasteiger partial charge >= 0.3 is 6.09 Å². The average molecular weight is 408 g/mol. The number of anilines is 1. The highest BCUT2D eigenvalue weighted by atomic mass is 19.1. The average Bonchev–Trinajstić information content (AvgIpc) is 3.05. The maximum atomic E-state index is 13.7. The lowest BCUT2D eigenvalue weighted by Crippen LogP contribution is -2.19. The number of benzene rings is 3. The molecule has 1 aliphatic carbocycles. The summed E-state index contributed by atoms with van der Waals surface area (Å²) < 4.78 is 19.1. The molecule has 0 bridgehead atoms. The zero-order valence-electron chi connectivity index (χ0n) is 15.7. The maximum Gasteiger partial charge on any atom is 0.411 e. The van der Waals surface area contributed by atoms with Gasteiger partial charge in [0.15, 0.2) is 0 Å². The minimum Gasteiger partial charge on any atom is -0.448 e. The zero-order chi connectivity index (χ0) is 21.3. The monoisotopic (exact) mass is 408 g/mol. The first-order valence-corrected chi connectivity index (χ1v) is 9.19. The quantitative estimate of drug-likeness (QED) is 0.475. The molecule has 1 aliphatic rings. The van der Waals surface area contributed by atoms with Gasteiger partial charge in [0.25, 0.3) is 5.69 Å². The summed E-state index contributed by atoms with van der Waals surface area (Å²) in [4.78, 5) is 22.9. The Bertz CT molecular complexity index is 1100. The lowest BCUT2D eigenvalue weighted by Gasteiger charge is -2.15. The molecule has 3 aromatic rings. The minimum atomic E-state index is -0.950. The molecule has 0 radical (unpaired) electrons.